The molecule has 7 rings (SSSR count). The van der Waals surface area contributed by atoms with E-state index in [9.17, 15) is 42.3 Å². The number of nitrogens with one attached hydrogen (secondary N) is 4. The van der Waals surface area contributed by atoms with Gasteiger partial charge < -0.3 is 50.9 Å². The molecule has 70 heavy (non-hydrogen) atoms. The van der Waals surface area contributed by atoms with E-state index in [0.29, 0.717) is 82.7 Å². The maximum absolute atomic E-state index is 13.9. The lowest BCUT2D eigenvalue weighted by Crippen LogP contribution is -2.56. The second-order valence-corrected chi connectivity index (χ2v) is 19.2. The Labute approximate surface area is 403 Å². The first-order valence-electron chi connectivity index (χ1n) is 22.7. The number of hydrogen-bond acceptors (Lipinski definition) is 16. The fourth-order valence-electron chi connectivity index (χ4n) is 8.12. The third-order valence-electron chi connectivity index (χ3n) is 11.9. The number of amides is 4. The smallest absolute Gasteiger partial charge is 0.343 e. The third kappa shape index (κ3) is 11.0. The summed E-state index contributed by atoms with van der Waals surface area (Å²) in [7, 11) is -3.54. The largest absolute Gasteiger partial charge is 0.458 e. The van der Waals surface area contributed by atoms with Crippen LogP contribution in [-0.2, 0) is 57.3 Å². The number of aliphatic hydroxyl groups is 1. The summed E-state index contributed by atoms with van der Waals surface area (Å²) in [5.74, 6) is 9.43. The van der Waals surface area contributed by atoms with Gasteiger partial charge in [-0.3, -0.25) is 24.0 Å². The van der Waals surface area contributed by atoms with Crippen molar-refractivity contribution in [1.29, 1.82) is 0 Å². The molecule has 3 aromatic heterocycles. The van der Waals surface area contributed by atoms with Crippen LogP contribution >= 0.6 is 0 Å². The summed E-state index contributed by atoms with van der Waals surface area (Å²) >= 11 is 0. The average molecular weight is 980 g/mol. The van der Waals surface area contributed by atoms with E-state index in [1.807, 2.05) is 0 Å². The van der Waals surface area contributed by atoms with Crippen LogP contribution < -0.4 is 42.0 Å². The van der Waals surface area contributed by atoms with E-state index >= 15 is 0 Å². The molecule has 21 nitrogen and oxygen atoms in total. The molecule has 0 radical (unpaired) electrons. The Balaban J connectivity index is 0.974. The van der Waals surface area contributed by atoms with Gasteiger partial charge in [0.2, 0.25) is 45.4 Å². The van der Waals surface area contributed by atoms with E-state index in [1.165, 1.54) is 17.0 Å². The maximum atomic E-state index is 13.9. The van der Waals surface area contributed by atoms with Crippen LogP contribution in [-0.4, -0.2) is 107 Å². The van der Waals surface area contributed by atoms with Crippen LogP contribution in [0.5, 0.6) is 11.5 Å². The van der Waals surface area contributed by atoms with Crippen LogP contribution in [0.2, 0.25) is 0 Å². The molecule has 4 aromatic rings. The molecule has 3 atom stereocenters. The SMILES string of the molecule is CC[C@@]1(O)C(=O)OCc2c1cc1n(c2=O)Cc2c-1nc1cc3c(cc1c2C#CCNC(=O)CNC(=O)[C@H](CCCCN)NC(=O)[C@@H](NC(=O)CCCC#Cc1cnc(S(C)(=O)=O)nc1)C(C)C)OCO3. The quantitative estimate of drug-likeness (QED) is 0.0321. The number of unbranched alkanes of at least 4 members (excludes halogenated alkanes) is 2. The first kappa shape index (κ1) is 50.5. The fourth-order valence-corrected chi connectivity index (χ4v) is 8.61. The number of carbonyl (C=O) groups is 5. The van der Waals surface area contributed by atoms with E-state index in [0.717, 1.165) is 6.26 Å². The second-order valence-electron chi connectivity index (χ2n) is 17.3. The first-order valence-corrected chi connectivity index (χ1v) is 24.6. The van der Waals surface area contributed by atoms with E-state index in [2.05, 4.69) is 54.9 Å². The van der Waals surface area contributed by atoms with Crippen LogP contribution in [0.15, 0.2) is 40.5 Å². The summed E-state index contributed by atoms with van der Waals surface area (Å²) in [6.45, 7) is 4.71. The van der Waals surface area contributed by atoms with Gasteiger partial charge in [0.1, 0.15) is 18.7 Å². The molecule has 368 valence electrons. The lowest BCUT2D eigenvalue weighted by Gasteiger charge is -2.31. The summed E-state index contributed by atoms with van der Waals surface area (Å²) < 4.78 is 41.1. The summed E-state index contributed by atoms with van der Waals surface area (Å²) in [5.41, 5.74) is 6.39. The van der Waals surface area contributed by atoms with Gasteiger partial charge in [-0.15, -0.1) is 0 Å². The van der Waals surface area contributed by atoms with Crippen molar-refractivity contribution < 1.29 is 51.7 Å². The number of esters is 1. The van der Waals surface area contributed by atoms with Crippen molar-refractivity contribution in [3.8, 4) is 46.6 Å². The van der Waals surface area contributed by atoms with E-state index in [1.54, 1.807) is 39.0 Å². The van der Waals surface area contributed by atoms with Gasteiger partial charge in [-0.25, -0.2) is 28.2 Å². The normalized spacial score (nSPS) is 16.0. The molecule has 0 saturated carbocycles. The Kier molecular flexibility index (Phi) is 15.5. The molecule has 0 aliphatic carbocycles. The second kappa shape index (κ2) is 21.5. The molecule has 3 aliphatic heterocycles. The molecule has 0 saturated heterocycles. The molecule has 4 amide bonds. The Morgan fingerprint density at radius 1 is 0.929 bits per heavy atom. The Bertz CT molecular complexity index is 3060. The standard InChI is InChI=1S/C48H53N9O12S/c1-5-48(64)33-19-36-42-31(24-57(36)45(62)32(33)25-67-46(48)63)29(30-18-37-38(69-26-68-37)20-35(30)54-42)13-11-17-50-40(59)23-51-43(60)34(14-9-10-16-49)55-44(61)41(27(2)3)56-39(58)15-8-6-7-12-28-21-52-47(53-22-28)70(4,65)66/h18-22,27,34,41,64H,5-6,8-10,14-17,23-26,49H2,1-4H3,(H,50,59)(H,51,60)(H,55,61)(H,56,58)/t34-,41-,48-/m0/s1. The highest BCUT2D eigenvalue weighted by atomic mass is 32.2. The number of aromatic nitrogens is 4. The van der Waals surface area contributed by atoms with Gasteiger partial charge in [-0.05, 0) is 56.7 Å². The number of pyridine rings is 2. The number of nitrogens with two attached hydrogens (primary N) is 1. The highest BCUT2D eigenvalue weighted by Gasteiger charge is 2.45. The summed E-state index contributed by atoms with van der Waals surface area (Å²) in [4.78, 5) is 92.1. The van der Waals surface area contributed by atoms with Crippen molar-refractivity contribution in [2.24, 2.45) is 11.7 Å². The van der Waals surface area contributed by atoms with E-state index in [4.69, 9.17) is 24.9 Å². The zero-order valence-corrected chi connectivity index (χ0v) is 39.8. The van der Waals surface area contributed by atoms with Gasteiger partial charge in [-0.2, -0.15) is 0 Å². The van der Waals surface area contributed by atoms with Gasteiger partial charge in [0.05, 0.1) is 47.7 Å². The lowest BCUT2D eigenvalue weighted by atomic mass is 9.86. The van der Waals surface area contributed by atoms with Gasteiger partial charge in [0, 0.05) is 59.6 Å². The molecular formula is C48H53N9O12S. The molecule has 22 heteroatoms. The van der Waals surface area contributed by atoms with Crippen molar-refractivity contribution in [2.45, 2.75) is 102 Å². The number of hydrogen-bond donors (Lipinski definition) is 6. The molecule has 0 spiro atoms. The maximum Gasteiger partial charge on any atom is 0.343 e. The summed E-state index contributed by atoms with van der Waals surface area (Å²) in [6.07, 6.45) is 5.64. The van der Waals surface area contributed by atoms with Crippen molar-refractivity contribution in [3.63, 3.8) is 0 Å². The predicted octanol–water partition coefficient (Wildman–Crippen LogP) is 0.562. The van der Waals surface area contributed by atoms with Crippen molar-refractivity contribution >= 4 is 50.3 Å². The first-order chi connectivity index (χ1) is 33.4. The minimum absolute atomic E-state index is 0.00997. The topological polar surface area (TPSA) is 302 Å². The number of ether oxygens (including phenoxy) is 3. The highest BCUT2D eigenvalue weighted by Crippen LogP contribution is 2.43. The number of sulfone groups is 1. The van der Waals surface area contributed by atoms with Crippen LogP contribution in [0.25, 0.3) is 22.3 Å². The summed E-state index contributed by atoms with van der Waals surface area (Å²) in [5, 5.41) is 22.4. The Hall–Kier alpha value is -7.40. The Morgan fingerprint density at radius 3 is 2.37 bits per heavy atom. The van der Waals surface area contributed by atoms with Gasteiger partial charge in [0.15, 0.2) is 17.1 Å². The molecule has 1 aromatic carbocycles. The van der Waals surface area contributed by atoms with Crippen LogP contribution in [0.4, 0.5) is 0 Å². The van der Waals surface area contributed by atoms with Crippen LogP contribution in [0, 0.1) is 29.6 Å². The minimum Gasteiger partial charge on any atom is -0.458 e. The fraction of sp³-hybridized carbons (Fsp3) is 0.438. The number of benzene rings is 1. The van der Waals surface area contributed by atoms with Crippen LogP contribution in [0.1, 0.15) is 93.5 Å². The highest BCUT2D eigenvalue weighted by molar-refractivity contribution is 7.90. The van der Waals surface area contributed by atoms with Crippen LogP contribution in [0.3, 0.4) is 0 Å². The number of fused-ring (bicyclic) bond motifs is 6. The molecule has 3 aliphatic rings. The van der Waals surface area contributed by atoms with Gasteiger partial charge >= 0.3 is 5.97 Å². The number of cyclic esters (lactones) is 1. The lowest BCUT2D eigenvalue weighted by molar-refractivity contribution is -0.172. The predicted molar refractivity (Wildman–Crippen MR) is 251 cm³/mol. The van der Waals surface area contributed by atoms with E-state index < -0.39 is 69.2 Å². The van der Waals surface area contributed by atoms with Gasteiger partial charge in [-0.1, -0.05) is 44.5 Å². The molecular weight excluding hydrogens is 927 g/mol. The zero-order valence-electron chi connectivity index (χ0n) is 39.0. The van der Waals surface area contributed by atoms with Crippen molar-refractivity contribution in [3.05, 3.63) is 68.8 Å². The monoisotopic (exact) mass is 979 g/mol. The van der Waals surface area contributed by atoms with E-state index in [-0.39, 0.29) is 68.0 Å². The number of nitrogens with zero attached hydrogens (tertiary/aromatic N) is 4. The minimum atomic E-state index is -3.54. The summed E-state index contributed by atoms with van der Waals surface area (Å²) in [6, 6.07) is 3.03. The molecule has 0 fully saturated rings. The zero-order chi connectivity index (χ0) is 50.3. The Morgan fingerprint density at radius 2 is 1.67 bits per heavy atom. The third-order valence-corrected chi connectivity index (χ3v) is 12.8. The van der Waals surface area contributed by atoms with Gasteiger partial charge in [0.25, 0.3) is 5.56 Å². The molecule has 7 N–H and O–H groups in total. The number of carbonyl (C=O) groups excluding carboxylic acids is 5. The van der Waals surface area contributed by atoms with Crippen molar-refractivity contribution in [2.75, 3.05) is 32.7 Å². The molecule has 0 bridgehead atoms. The average Bonchev–Trinajstić information content (AvgIpc) is 3.95. The molecule has 6 heterocycles. The molecule has 0 unspecified atom stereocenters. The number of rotatable bonds is 17. The van der Waals surface area contributed by atoms with Crippen molar-refractivity contribution in [1.82, 2.24) is 40.8 Å².